The molecule has 5 heterocycles. The van der Waals surface area contributed by atoms with Crippen LogP contribution in [0.5, 0.6) is 0 Å². The molecule has 0 bridgehead atoms. The summed E-state index contributed by atoms with van der Waals surface area (Å²) < 4.78 is 0. The summed E-state index contributed by atoms with van der Waals surface area (Å²) in [7, 11) is 0. The third-order valence-electron chi connectivity index (χ3n) is 6.42. The predicted molar refractivity (Wildman–Crippen MR) is 155 cm³/mol. The first-order valence-corrected chi connectivity index (χ1v) is 12.8. The Labute approximate surface area is 222 Å². The van der Waals surface area contributed by atoms with Gasteiger partial charge in [-0.25, -0.2) is 0 Å². The maximum atomic E-state index is 4.67. The molecule has 3 N–H and O–H groups in total. The highest BCUT2D eigenvalue weighted by atomic mass is 15.1. The minimum atomic E-state index is 0.819. The zero-order valence-electron chi connectivity index (χ0n) is 21.8. The van der Waals surface area contributed by atoms with Crippen LogP contribution in [0.4, 0.5) is 5.69 Å². The van der Waals surface area contributed by atoms with Crippen molar-refractivity contribution in [3.63, 3.8) is 0 Å². The fourth-order valence-corrected chi connectivity index (χ4v) is 4.50. The number of hydrogen-bond donors (Lipinski definition) is 3. The molecule has 7 heteroatoms. The fraction of sp³-hybridized carbons (Fsp3) is 0.161. The van der Waals surface area contributed by atoms with E-state index in [0.717, 1.165) is 86.7 Å². The van der Waals surface area contributed by atoms with E-state index < -0.39 is 0 Å². The van der Waals surface area contributed by atoms with Crippen LogP contribution < -0.4 is 5.32 Å². The molecular weight excluding hydrogens is 470 g/mol. The summed E-state index contributed by atoms with van der Waals surface area (Å²) in [6.45, 7) is 12.3. The Morgan fingerprint density at radius 2 is 2.00 bits per heavy atom. The van der Waals surface area contributed by atoms with Crippen molar-refractivity contribution in [1.29, 1.82) is 0 Å². The van der Waals surface area contributed by atoms with E-state index in [4.69, 9.17) is 0 Å². The van der Waals surface area contributed by atoms with Gasteiger partial charge in [-0.1, -0.05) is 44.7 Å². The molecule has 0 saturated carbocycles. The Bertz CT molecular complexity index is 1620. The van der Waals surface area contributed by atoms with Crippen LogP contribution in [-0.2, 0) is 0 Å². The zero-order chi connectivity index (χ0) is 26.5. The van der Waals surface area contributed by atoms with Gasteiger partial charge in [0.25, 0.3) is 0 Å². The molecule has 7 nitrogen and oxygen atoms in total. The third kappa shape index (κ3) is 5.18. The van der Waals surface area contributed by atoms with Crippen LogP contribution in [0, 0.1) is 6.92 Å². The summed E-state index contributed by atoms with van der Waals surface area (Å²) in [5.41, 5.74) is 10.2. The van der Waals surface area contributed by atoms with E-state index in [0.29, 0.717) is 0 Å². The number of H-pyrrole nitrogens is 2. The fourth-order valence-electron chi connectivity index (χ4n) is 4.50. The Kier molecular flexibility index (Phi) is 7.26. The standard InChI is InChI=1S/C31H31N7/c1-5-7-11-20(3)35-23-14-22(17-32-18-23)28-16-26-30(19-34-28)37-38-31(26)29-15-25(21(4)36-29)24(10-6-2)27-12-8-9-13-33-27/h6,8-10,12-19,35-36H,2-3,5,7,11H2,1,4H3,(H,37,38)/b24-10+. The lowest BCUT2D eigenvalue weighted by atomic mass is 10.0. The Morgan fingerprint density at radius 3 is 2.79 bits per heavy atom. The molecule has 0 aliphatic carbocycles. The van der Waals surface area contributed by atoms with Gasteiger partial charge >= 0.3 is 0 Å². The summed E-state index contributed by atoms with van der Waals surface area (Å²) in [4.78, 5) is 17.2. The molecule has 0 amide bonds. The molecule has 0 unspecified atom stereocenters. The molecular formula is C31H31N7. The first-order chi connectivity index (χ1) is 18.6. The van der Waals surface area contributed by atoms with Crippen molar-refractivity contribution in [3.05, 3.63) is 109 Å². The van der Waals surface area contributed by atoms with Crippen molar-refractivity contribution in [2.75, 3.05) is 5.32 Å². The smallest absolute Gasteiger partial charge is 0.116 e. The first-order valence-electron chi connectivity index (χ1n) is 12.8. The number of aromatic nitrogens is 6. The maximum Gasteiger partial charge on any atom is 0.116 e. The summed E-state index contributed by atoms with van der Waals surface area (Å²) in [6.07, 6.45) is 14.2. The van der Waals surface area contributed by atoms with E-state index in [9.17, 15) is 0 Å². The molecule has 5 aromatic heterocycles. The number of unbranched alkanes of at least 4 members (excludes halogenated alkanes) is 1. The van der Waals surface area contributed by atoms with Crippen LogP contribution in [0.15, 0.2) is 92.2 Å². The van der Waals surface area contributed by atoms with Crippen LogP contribution in [0.25, 0.3) is 39.1 Å². The van der Waals surface area contributed by atoms with Crippen molar-refractivity contribution in [3.8, 4) is 22.6 Å². The van der Waals surface area contributed by atoms with Gasteiger partial charge in [-0.3, -0.25) is 20.1 Å². The zero-order valence-corrected chi connectivity index (χ0v) is 21.8. The first kappa shape index (κ1) is 24.9. The highest BCUT2D eigenvalue weighted by molar-refractivity contribution is 5.95. The number of aryl methyl sites for hydroxylation is 1. The van der Waals surface area contributed by atoms with Gasteiger partial charge in [0.15, 0.2) is 0 Å². The van der Waals surface area contributed by atoms with Crippen LogP contribution in [-0.4, -0.2) is 30.1 Å². The number of pyridine rings is 3. The Hall–Kier alpha value is -4.78. The van der Waals surface area contributed by atoms with E-state index in [2.05, 4.69) is 74.6 Å². The Balaban J connectivity index is 1.50. The number of nitrogens with zero attached hydrogens (tertiary/aromatic N) is 4. The van der Waals surface area contributed by atoms with Gasteiger partial charge in [-0.2, -0.15) is 5.10 Å². The monoisotopic (exact) mass is 501 g/mol. The molecule has 0 fully saturated rings. The highest BCUT2D eigenvalue weighted by Crippen LogP contribution is 2.33. The van der Waals surface area contributed by atoms with Crippen molar-refractivity contribution >= 4 is 22.2 Å². The summed E-state index contributed by atoms with van der Waals surface area (Å²) >= 11 is 0. The average Bonchev–Trinajstić information content (AvgIpc) is 3.54. The topological polar surface area (TPSA) is 95.2 Å². The minimum absolute atomic E-state index is 0.819. The molecule has 190 valence electrons. The van der Waals surface area contributed by atoms with Crippen molar-refractivity contribution < 1.29 is 0 Å². The molecule has 0 aliphatic heterocycles. The van der Waals surface area contributed by atoms with Crippen LogP contribution in [0.1, 0.15) is 43.1 Å². The number of fused-ring (bicyclic) bond motifs is 1. The quantitative estimate of drug-likeness (QED) is 0.173. The summed E-state index contributed by atoms with van der Waals surface area (Å²) in [5.74, 6) is 0. The Morgan fingerprint density at radius 1 is 1.11 bits per heavy atom. The van der Waals surface area contributed by atoms with Gasteiger partial charge < -0.3 is 10.3 Å². The van der Waals surface area contributed by atoms with Gasteiger partial charge in [-0.15, -0.1) is 0 Å². The number of rotatable bonds is 10. The molecule has 5 aromatic rings. The lowest BCUT2D eigenvalue weighted by molar-refractivity contribution is 0.791. The molecule has 0 saturated heterocycles. The summed E-state index contributed by atoms with van der Waals surface area (Å²) in [5, 5.41) is 12.1. The van der Waals surface area contributed by atoms with Gasteiger partial charge in [0.05, 0.1) is 40.7 Å². The molecule has 0 aromatic carbocycles. The van der Waals surface area contributed by atoms with Gasteiger partial charge in [0, 0.05) is 45.9 Å². The summed E-state index contributed by atoms with van der Waals surface area (Å²) in [6, 6.07) is 12.1. The molecule has 0 atom stereocenters. The number of aromatic amines is 2. The SMILES string of the molecule is C=C/C=C(/c1ccccn1)c1cc(-c2n[nH]c3cnc(-c4cncc(NC(=C)CCCC)c4)cc23)[nH]c1C. The largest absolute Gasteiger partial charge is 0.358 e. The second-order valence-corrected chi connectivity index (χ2v) is 9.23. The second-order valence-electron chi connectivity index (χ2n) is 9.23. The number of anilines is 1. The number of hydrogen-bond acceptors (Lipinski definition) is 5. The molecule has 0 spiro atoms. The highest BCUT2D eigenvalue weighted by Gasteiger charge is 2.17. The molecule has 38 heavy (non-hydrogen) atoms. The molecule has 0 radical (unpaired) electrons. The van der Waals surface area contributed by atoms with Gasteiger partial charge in [-0.05, 0) is 50.1 Å². The number of nitrogens with one attached hydrogen (secondary N) is 3. The van der Waals surface area contributed by atoms with Crippen LogP contribution in [0.3, 0.4) is 0 Å². The lowest BCUT2D eigenvalue weighted by Gasteiger charge is -2.10. The average molecular weight is 502 g/mol. The maximum absolute atomic E-state index is 4.67. The van der Waals surface area contributed by atoms with Crippen LogP contribution >= 0.6 is 0 Å². The van der Waals surface area contributed by atoms with Crippen molar-refractivity contribution in [2.45, 2.75) is 33.1 Å². The second kappa shape index (κ2) is 11.1. The predicted octanol–water partition coefficient (Wildman–Crippen LogP) is 7.45. The van der Waals surface area contributed by atoms with E-state index >= 15 is 0 Å². The molecule has 5 rings (SSSR count). The van der Waals surface area contributed by atoms with Crippen molar-refractivity contribution in [2.24, 2.45) is 0 Å². The van der Waals surface area contributed by atoms with Crippen LogP contribution in [0.2, 0.25) is 0 Å². The lowest BCUT2D eigenvalue weighted by Crippen LogP contribution is -1.99. The normalized spacial score (nSPS) is 11.6. The van der Waals surface area contributed by atoms with Crippen molar-refractivity contribution in [1.82, 2.24) is 30.1 Å². The van der Waals surface area contributed by atoms with E-state index in [1.54, 1.807) is 12.3 Å². The van der Waals surface area contributed by atoms with E-state index in [-0.39, 0.29) is 0 Å². The van der Waals surface area contributed by atoms with Gasteiger partial charge in [0.1, 0.15) is 5.69 Å². The van der Waals surface area contributed by atoms with E-state index in [1.165, 1.54) is 0 Å². The molecule has 0 aliphatic rings. The number of allylic oxidation sites excluding steroid dienone is 3. The van der Waals surface area contributed by atoms with E-state index in [1.807, 2.05) is 48.9 Å². The minimum Gasteiger partial charge on any atom is -0.358 e. The third-order valence-corrected chi connectivity index (χ3v) is 6.42. The van der Waals surface area contributed by atoms with Gasteiger partial charge in [0.2, 0.25) is 0 Å².